The van der Waals surface area contributed by atoms with Crippen molar-refractivity contribution >= 4 is 39.8 Å². The predicted octanol–water partition coefficient (Wildman–Crippen LogP) is 6.58. The molecule has 1 N–H and O–H groups in total. The fourth-order valence-corrected chi connectivity index (χ4v) is 5.45. The second-order valence-electron chi connectivity index (χ2n) is 9.36. The molecule has 5 rings (SSSR count). The normalized spacial score (nSPS) is 17.4. The smallest absolute Gasteiger partial charge is 0.283 e. The van der Waals surface area contributed by atoms with Crippen LogP contribution in [0.3, 0.4) is 0 Å². The number of hydrogen-bond acceptors (Lipinski definition) is 4. The average molecular weight is 496 g/mol. The van der Waals surface area contributed by atoms with Crippen molar-refractivity contribution in [1.82, 2.24) is 9.58 Å². The summed E-state index contributed by atoms with van der Waals surface area (Å²) < 4.78 is 2.18. The zero-order valence-electron chi connectivity index (χ0n) is 21.2. The summed E-state index contributed by atoms with van der Waals surface area (Å²) in [6.07, 6.45) is 2.87. The molecule has 1 atom stereocenters. The van der Waals surface area contributed by atoms with Crippen LogP contribution in [-0.4, -0.2) is 31.5 Å². The van der Waals surface area contributed by atoms with Gasteiger partial charge in [-0.1, -0.05) is 49.7 Å². The Morgan fingerprint density at radius 1 is 1.08 bits per heavy atom. The molecule has 2 aromatic carbocycles. The Balaban J connectivity index is 1.47. The van der Waals surface area contributed by atoms with Gasteiger partial charge in [-0.15, -0.1) is 0 Å². The minimum absolute atomic E-state index is 0.0443. The number of amides is 1. The van der Waals surface area contributed by atoms with Crippen LogP contribution in [0.25, 0.3) is 11.8 Å². The number of aryl methyl sites for hydroxylation is 2. The quantitative estimate of drug-likeness (QED) is 0.406. The molecule has 36 heavy (non-hydrogen) atoms. The van der Waals surface area contributed by atoms with Gasteiger partial charge in [0.05, 0.1) is 5.57 Å². The molecule has 2 aliphatic rings. The van der Waals surface area contributed by atoms with E-state index in [1.165, 1.54) is 22.3 Å². The number of benzene rings is 2. The van der Waals surface area contributed by atoms with Crippen LogP contribution in [0.4, 0.5) is 0 Å². The SMILES string of the molecule is CC[C@H](C)c1ccc(-n2c(C)cc(/C=C3/C(=N)N4N=C(c5cccc(C)c5)SC4=NC3=O)c2C)cc1. The topological polar surface area (TPSA) is 73.8 Å². The lowest BCUT2D eigenvalue weighted by molar-refractivity contribution is -0.114. The Bertz CT molecular complexity index is 1480. The number of hydrazone groups is 1. The van der Waals surface area contributed by atoms with Gasteiger partial charge in [0.15, 0.2) is 5.84 Å². The number of hydrogen-bond donors (Lipinski definition) is 1. The molecule has 3 aromatic rings. The number of carbonyl (C=O) groups is 1. The van der Waals surface area contributed by atoms with Crippen molar-refractivity contribution in [3.8, 4) is 5.69 Å². The van der Waals surface area contributed by atoms with Crippen molar-refractivity contribution < 1.29 is 4.79 Å². The van der Waals surface area contributed by atoms with Gasteiger partial charge in [0.25, 0.3) is 5.91 Å². The van der Waals surface area contributed by atoms with Crippen LogP contribution in [0.5, 0.6) is 0 Å². The first kappa shape index (κ1) is 24.0. The van der Waals surface area contributed by atoms with E-state index >= 15 is 0 Å². The summed E-state index contributed by atoms with van der Waals surface area (Å²) in [7, 11) is 0. The monoisotopic (exact) mass is 495 g/mol. The summed E-state index contributed by atoms with van der Waals surface area (Å²) in [6.45, 7) is 10.6. The van der Waals surface area contributed by atoms with E-state index < -0.39 is 5.91 Å². The van der Waals surface area contributed by atoms with Crippen LogP contribution in [-0.2, 0) is 4.79 Å². The number of carbonyl (C=O) groups excluding carboxylic acids is 1. The van der Waals surface area contributed by atoms with E-state index in [9.17, 15) is 4.79 Å². The minimum Gasteiger partial charge on any atom is -0.318 e. The van der Waals surface area contributed by atoms with Crippen molar-refractivity contribution in [1.29, 1.82) is 5.41 Å². The highest BCUT2D eigenvalue weighted by Gasteiger charge is 2.36. The zero-order valence-corrected chi connectivity index (χ0v) is 22.0. The number of nitrogens with zero attached hydrogens (tertiary/aromatic N) is 4. The summed E-state index contributed by atoms with van der Waals surface area (Å²) >= 11 is 1.32. The second kappa shape index (κ2) is 9.39. The highest BCUT2D eigenvalue weighted by Crippen LogP contribution is 2.32. The lowest BCUT2D eigenvalue weighted by Gasteiger charge is -2.20. The molecule has 6 nitrogen and oxygen atoms in total. The number of aliphatic imine (C=N–C) groups is 1. The maximum absolute atomic E-state index is 13.0. The Kier molecular flexibility index (Phi) is 6.26. The molecule has 0 aliphatic carbocycles. The van der Waals surface area contributed by atoms with Gasteiger partial charge >= 0.3 is 0 Å². The highest BCUT2D eigenvalue weighted by atomic mass is 32.2. The van der Waals surface area contributed by atoms with Gasteiger partial charge in [-0.05, 0) is 86.3 Å². The third kappa shape index (κ3) is 4.24. The number of rotatable bonds is 5. The van der Waals surface area contributed by atoms with Crippen LogP contribution in [0.1, 0.15) is 59.8 Å². The van der Waals surface area contributed by atoms with Gasteiger partial charge in [0.2, 0.25) is 5.17 Å². The molecule has 0 radical (unpaired) electrons. The molecule has 0 bridgehead atoms. The van der Waals surface area contributed by atoms with Crippen molar-refractivity contribution in [2.45, 2.75) is 47.0 Å². The number of nitrogens with one attached hydrogen (secondary N) is 1. The molecule has 0 saturated heterocycles. The molecule has 1 aromatic heterocycles. The first-order chi connectivity index (χ1) is 17.3. The summed E-state index contributed by atoms with van der Waals surface area (Å²) in [5, 5.41) is 16.0. The van der Waals surface area contributed by atoms with Gasteiger partial charge in [-0.3, -0.25) is 10.2 Å². The predicted molar refractivity (Wildman–Crippen MR) is 149 cm³/mol. The molecular formula is C29H29N5OS. The third-order valence-corrected chi connectivity index (χ3v) is 7.78. The molecule has 182 valence electrons. The summed E-state index contributed by atoms with van der Waals surface area (Å²) in [4.78, 5) is 17.2. The van der Waals surface area contributed by atoms with Crippen LogP contribution in [0.15, 0.2) is 70.3 Å². The van der Waals surface area contributed by atoms with Crippen LogP contribution < -0.4 is 0 Å². The van der Waals surface area contributed by atoms with Gasteiger partial charge in [-0.25, -0.2) is 0 Å². The van der Waals surface area contributed by atoms with Crippen molar-refractivity contribution in [3.05, 3.63) is 93.8 Å². The molecule has 0 fully saturated rings. The number of amidine groups is 2. The van der Waals surface area contributed by atoms with Crippen LogP contribution in [0.2, 0.25) is 0 Å². The number of fused-ring (bicyclic) bond motifs is 1. The fourth-order valence-electron chi connectivity index (χ4n) is 4.56. The highest BCUT2D eigenvalue weighted by molar-refractivity contribution is 8.27. The Hall–Kier alpha value is -3.71. The summed E-state index contributed by atoms with van der Waals surface area (Å²) in [6, 6.07) is 18.7. The van der Waals surface area contributed by atoms with Crippen molar-refractivity contribution in [2.75, 3.05) is 0 Å². The Labute approximate surface area is 215 Å². The zero-order chi connectivity index (χ0) is 25.6. The van der Waals surface area contributed by atoms with Gasteiger partial charge in [0, 0.05) is 22.6 Å². The maximum Gasteiger partial charge on any atom is 0.283 e. The van der Waals surface area contributed by atoms with E-state index in [4.69, 9.17) is 5.41 Å². The van der Waals surface area contributed by atoms with E-state index in [2.05, 4.69) is 59.7 Å². The van der Waals surface area contributed by atoms with Gasteiger partial charge in [-0.2, -0.15) is 15.1 Å². The number of aromatic nitrogens is 1. The molecule has 0 saturated carbocycles. The van der Waals surface area contributed by atoms with Crippen molar-refractivity contribution in [2.24, 2.45) is 10.1 Å². The largest absolute Gasteiger partial charge is 0.318 e. The lowest BCUT2D eigenvalue weighted by Crippen LogP contribution is -2.35. The van der Waals surface area contributed by atoms with Gasteiger partial charge < -0.3 is 4.57 Å². The molecule has 3 heterocycles. The molecule has 1 amide bonds. The van der Waals surface area contributed by atoms with Crippen LogP contribution in [0, 0.1) is 26.2 Å². The Morgan fingerprint density at radius 2 is 1.83 bits per heavy atom. The van der Waals surface area contributed by atoms with Crippen molar-refractivity contribution in [3.63, 3.8) is 0 Å². The second-order valence-corrected chi connectivity index (χ2v) is 10.3. The molecule has 7 heteroatoms. The minimum atomic E-state index is -0.415. The maximum atomic E-state index is 13.0. The van der Waals surface area contributed by atoms with Gasteiger partial charge in [0.1, 0.15) is 5.04 Å². The number of thioether (sulfide) groups is 1. The van der Waals surface area contributed by atoms with E-state index in [0.717, 1.165) is 45.2 Å². The third-order valence-electron chi connectivity index (χ3n) is 6.82. The molecular weight excluding hydrogens is 466 g/mol. The molecule has 0 spiro atoms. The van der Waals surface area contributed by atoms with E-state index in [1.807, 2.05) is 44.2 Å². The van der Waals surface area contributed by atoms with E-state index in [-0.39, 0.29) is 11.4 Å². The van der Waals surface area contributed by atoms with E-state index in [1.54, 1.807) is 6.08 Å². The van der Waals surface area contributed by atoms with E-state index in [0.29, 0.717) is 11.1 Å². The summed E-state index contributed by atoms with van der Waals surface area (Å²) in [5.41, 5.74) is 7.67. The van der Waals surface area contributed by atoms with Crippen LogP contribution >= 0.6 is 11.8 Å². The fraction of sp³-hybridized carbons (Fsp3) is 0.241. The lowest BCUT2D eigenvalue weighted by atomic mass is 9.98. The molecule has 0 unspecified atom stereocenters. The first-order valence-corrected chi connectivity index (χ1v) is 12.9. The summed E-state index contributed by atoms with van der Waals surface area (Å²) in [5.74, 6) is 0.155. The standard InChI is InChI=1S/C29H29N5OS/c1-6-18(3)21-10-12-24(13-11-21)33-19(4)15-23(20(33)5)16-25-26(30)34-29(31-27(25)35)36-28(32-34)22-9-7-8-17(2)14-22/h7-16,18,30H,6H2,1-5H3/b25-16-,30-26?/t18-/m0/s1. The molecule has 2 aliphatic heterocycles. The first-order valence-electron chi connectivity index (χ1n) is 12.1. The average Bonchev–Trinajstić information content (AvgIpc) is 3.41. The Morgan fingerprint density at radius 3 is 2.53 bits per heavy atom.